The highest BCUT2D eigenvalue weighted by Gasteiger charge is 2.25. The topological polar surface area (TPSA) is 86.6 Å². The van der Waals surface area contributed by atoms with Crippen LogP contribution in [0.25, 0.3) is 0 Å². The predicted molar refractivity (Wildman–Crippen MR) is 123 cm³/mol. The molecule has 2 rings (SSSR count). The first kappa shape index (κ1) is 25.6. The number of esters is 1. The number of rotatable bonds is 11. The van der Waals surface area contributed by atoms with E-state index in [2.05, 4.69) is 5.32 Å². The smallest absolute Gasteiger partial charge is 0.329 e. The standard InChI is InChI=1S/C24H31ClN2O5/c1-15(2)12-21(26-23(29)18-6-8-19(25)9-7-18)24(30)32-14-22(28)20-13-16(3)27(17(20)4)10-11-31-5/h6-9,13,15,21H,10-12,14H2,1-5H3,(H,26,29). The molecule has 0 aliphatic rings. The lowest BCUT2D eigenvalue weighted by atomic mass is 10.0. The number of aryl methyl sites for hydroxylation is 1. The number of ether oxygens (including phenoxy) is 2. The minimum atomic E-state index is -0.861. The Morgan fingerprint density at radius 1 is 1.12 bits per heavy atom. The summed E-state index contributed by atoms with van der Waals surface area (Å²) in [5, 5.41) is 3.22. The van der Waals surface area contributed by atoms with Crippen LogP contribution in [0.15, 0.2) is 30.3 Å². The Kier molecular flexibility index (Phi) is 9.47. The van der Waals surface area contributed by atoms with Gasteiger partial charge in [0.05, 0.1) is 6.61 Å². The van der Waals surface area contributed by atoms with Gasteiger partial charge in [0.1, 0.15) is 6.04 Å². The molecule has 1 unspecified atom stereocenters. The molecule has 0 spiro atoms. The van der Waals surface area contributed by atoms with Crippen LogP contribution in [0.2, 0.25) is 5.02 Å². The summed E-state index contributed by atoms with van der Waals surface area (Å²) in [6, 6.07) is 7.30. The van der Waals surface area contributed by atoms with E-state index >= 15 is 0 Å². The van der Waals surface area contributed by atoms with E-state index in [1.54, 1.807) is 37.4 Å². The summed E-state index contributed by atoms with van der Waals surface area (Å²) in [4.78, 5) is 38.0. The van der Waals surface area contributed by atoms with Crippen molar-refractivity contribution in [3.63, 3.8) is 0 Å². The molecule has 1 N–H and O–H groups in total. The van der Waals surface area contributed by atoms with Gasteiger partial charge in [0.15, 0.2) is 6.61 Å². The van der Waals surface area contributed by atoms with Crippen molar-refractivity contribution in [2.45, 2.75) is 46.7 Å². The number of methoxy groups -OCH3 is 1. The van der Waals surface area contributed by atoms with E-state index in [0.717, 1.165) is 11.4 Å². The van der Waals surface area contributed by atoms with E-state index in [0.29, 0.717) is 35.7 Å². The van der Waals surface area contributed by atoms with E-state index in [4.69, 9.17) is 21.1 Å². The number of hydrogen-bond acceptors (Lipinski definition) is 5. The fourth-order valence-electron chi connectivity index (χ4n) is 3.45. The molecular weight excluding hydrogens is 432 g/mol. The summed E-state index contributed by atoms with van der Waals surface area (Å²) in [5.41, 5.74) is 2.63. The number of carbonyl (C=O) groups excluding carboxylic acids is 3. The molecule has 7 nitrogen and oxygen atoms in total. The molecule has 0 bridgehead atoms. The zero-order chi connectivity index (χ0) is 23.8. The maximum atomic E-state index is 12.7. The second-order valence-corrected chi connectivity index (χ2v) is 8.56. The van der Waals surface area contributed by atoms with Crippen LogP contribution in [-0.2, 0) is 20.8 Å². The SMILES string of the molecule is COCCn1c(C)cc(C(=O)COC(=O)C(CC(C)C)NC(=O)c2ccc(Cl)cc2)c1C. The van der Waals surface area contributed by atoms with Gasteiger partial charge in [-0.25, -0.2) is 4.79 Å². The van der Waals surface area contributed by atoms with Gasteiger partial charge in [-0.15, -0.1) is 0 Å². The normalized spacial score (nSPS) is 12.0. The molecule has 2 aromatic rings. The third-order valence-corrected chi connectivity index (χ3v) is 5.39. The number of carbonyl (C=O) groups is 3. The number of hydrogen-bond donors (Lipinski definition) is 1. The first-order chi connectivity index (χ1) is 15.1. The molecule has 174 valence electrons. The van der Waals surface area contributed by atoms with Crippen molar-refractivity contribution < 1.29 is 23.9 Å². The van der Waals surface area contributed by atoms with E-state index in [1.807, 2.05) is 32.3 Å². The van der Waals surface area contributed by atoms with Crippen LogP contribution < -0.4 is 5.32 Å². The van der Waals surface area contributed by atoms with Crippen LogP contribution in [-0.4, -0.2) is 48.6 Å². The molecule has 0 radical (unpaired) electrons. The van der Waals surface area contributed by atoms with Crippen molar-refractivity contribution in [2.75, 3.05) is 20.3 Å². The molecular formula is C24H31ClN2O5. The maximum absolute atomic E-state index is 12.7. The first-order valence-electron chi connectivity index (χ1n) is 10.6. The third kappa shape index (κ3) is 6.93. The molecule has 1 heterocycles. The number of amides is 1. The molecule has 1 aromatic carbocycles. The van der Waals surface area contributed by atoms with Crippen molar-refractivity contribution in [1.29, 1.82) is 0 Å². The highest BCUT2D eigenvalue weighted by atomic mass is 35.5. The van der Waals surface area contributed by atoms with E-state index in [9.17, 15) is 14.4 Å². The Labute approximate surface area is 194 Å². The summed E-state index contributed by atoms with van der Waals surface area (Å²) in [7, 11) is 1.62. The minimum Gasteiger partial charge on any atom is -0.456 e. The number of ketones is 1. The highest BCUT2D eigenvalue weighted by molar-refractivity contribution is 6.30. The summed E-state index contributed by atoms with van der Waals surface area (Å²) < 4.78 is 12.4. The van der Waals surface area contributed by atoms with Crippen molar-refractivity contribution in [2.24, 2.45) is 5.92 Å². The van der Waals surface area contributed by atoms with Crippen LogP contribution in [0.3, 0.4) is 0 Å². The third-order valence-electron chi connectivity index (χ3n) is 5.14. The van der Waals surface area contributed by atoms with Crippen LogP contribution >= 0.6 is 11.6 Å². The molecule has 0 saturated carbocycles. The fourth-order valence-corrected chi connectivity index (χ4v) is 3.58. The Balaban J connectivity index is 2.04. The predicted octanol–water partition coefficient (Wildman–Crippen LogP) is 3.98. The molecule has 0 aliphatic heterocycles. The Bertz CT molecular complexity index is 950. The molecule has 1 atom stereocenters. The Hall–Kier alpha value is -2.64. The van der Waals surface area contributed by atoms with Crippen molar-refractivity contribution in [1.82, 2.24) is 9.88 Å². The van der Waals surface area contributed by atoms with Gasteiger partial charge in [0.2, 0.25) is 5.78 Å². The number of aromatic nitrogens is 1. The molecule has 0 aliphatic carbocycles. The van der Waals surface area contributed by atoms with E-state index < -0.39 is 24.5 Å². The number of halogens is 1. The second-order valence-electron chi connectivity index (χ2n) is 8.12. The maximum Gasteiger partial charge on any atom is 0.329 e. The van der Waals surface area contributed by atoms with Gasteiger partial charge in [-0.05, 0) is 56.5 Å². The lowest BCUT2D eigenvalue weighted by Crippen LogP contribution is -2.43. The van der Waals surface area contributed by atoms with E-state index in [-0.39, 0.29) is 11.7 Å². The number of nitrogens with one attached hydrogen (secondary N) is 1. The molecule has 32 heavy (non-hydrogen) atoms. The monoisotopic (exact) mass is 462 g/mol. The lowest BCUT2D eigenvalue weighted by Gasteiger charge is -2.19. The minimum absolute atomic E-state index is 0.133. The van der Waals surface area contributed by atoms with Gasteiger partial charge in [-0.1, -0.05) is 25.4 Å². The number of Topliss-reactive ketones (excluding diaryl/α,β-unsaturated/α-hetero) is 1. The van der Waals surface area contributed by atoms with Crippen LogP contribution in [0.4, 0.5) is 0 Å². The average Bonchev–Trinajstić information content (AvgIpc) is 3.03. The molecule has 1 aromatic heterocycles. The van der Waals surface area contributed by atoms with Gasteiger partial charge in [-0.2, -0.15) is 0 Å². The highest BCUT2D eigenvalue weighted by Crippen LogP contribution is 2.17. The van der Waals surface area contributed by atoms with Crippen LogP contribution in [0, 0.1) is 19.8 Å². The van der Waals surface area contributed by atoms with E-state index in [1.165, 1.54) is 0 Å². The number of benzene rings is 1. The van der Waals surface area contributed by atoms with Gasteiger partial charge in [-0.3, -0.25) is 9.59 Å². The van der Waals surface area contributed by atoms with Crippen molar-refractivity contribution in [3.8, 4) is 0 Å². The quantitative estimate of drug-likeness (QED) is 0.403. The molecule has 8 heteroatoms. The number of nitrogens with zero attached hydrogens (tertiary/aromatic N) is 1. The van der Waals surface area contributed by atoms with Crippen molar-refractivity contribution in [3.05, 3.63) is 57.9 Å². The Morgan fingerprint density at radius 3 is 2.38 bits per heavy atom. The fraction of sp³-hybridized carbons (Fsp3) is 0.458. The Morgan fingerprint density at radius 2 is 1.78 bits per heavy atom. The zero-order valence-corrected chi connectivity index (χ0v) is 20.0. The van der Waals surface area contributed by atoms with Crippen LogP contribution in [0.5, 0.6) is 0 Å². The summed E-state index contributed by atoms with van der Waals surface area (Å²) in [6.45, 7) is 8.42. The largest absolute Gasteiger partial charge is 0.456 e. The van der Waals surface area contributed by atoms with Crippen molar-refractivity contribution >= 4 is 29.3 Å². The van der Waals surface area contributed by atoms with Gasteiger partial charge >= 0.3 is 5.97 Å². The molecule has 1 amide bonds. The summed E-state index contributed by atoms with van der Waals surface area (Å²) in [6.07, 6.45) is 0.387. The molecule has 0 fully saturated rings. The second kappa shape index (κ2) is 11.8. The summed E-state index contributed by atoms with van der Waals surface area (Å²) in [5.74, 6) is -1.20. The van der Waals surface area contributed by atoms with Crippen LogP contribution in [0.1, 0.15) is 52.4 Å². The zero-order valence-electron chi connectivity index (χ0n) is 19.2. The van der Waals surface area contributed by atoms with Gasteiger partial charge < -0.3 is 19.4 Å². The average molecular weight is 463 g/mol. The summed E-state index contributed by atoms with van der Waals surface area (Å²) >= 11 is 5.86. The van der Waals surface area contributed by atoms with Gasteiger partial charge in [0, 0.05) is 41.2 Å². The van der Waals surface area contributed by atoms with Gasteiger partial charge in [0.25, 0.3) is 5.91 Å². The molecule has 0 saturated heterocycles. The first-order valence-corrected chi connectivity index (χ1v) is 10.9. The lowest BCUT2D eigenvalue weighted by molar-refractivity contribution is -0.145.